The molecule has 1 amide bonds. The van der Waals surface area contributed by atoms with E-state index < -0.39 is 28.0 Å². The Hall–Kier alpha value is -2.74. The van der Waals surface area contributed by atoms with Crippen molar-refractivity contribution < 1.29 is 22.9 Å². The van der Waals surface area contributed by atoms with Crippen molar-refractivity contribution in [2.24, 2.45) is 0 Å². The highest BCUT2D eigenvalue weighted by Crippen LogP contribution is 2.06. The van der Waals surface area contributed by atoms with Gasteiger partial charge < -0.3 is 10.4 Å². The van der Waals surface area contributed by atoms with Crippen LogP contribution in [0.25, 0.3) is 0 Å². The molecule has 0 saturated heterocycles. The number of hydrogen-bond donors (Lipinski definition) is 3. The van der Waals surface area contributed by atoms with Gasteiger partial charge in [-0.3, -0.25) is 9.35 Å². The van der Waals surface area contributed by atoms with Gasteiger partial charge in [0.15, 0.2) is 0 Å². The molecule has 0 spiro atoms. The van der Waals surface area contributed by atoms with E-state index in [4.69, 9.17) is 0 Å². The highest BCUT2D eigenvalue weighted by Gasteiger charge is 2.24. The molecule has 0 aliphatic heterocycles. The second-order valence-corrected chi connectivity index (χ2v) is 12.2. The quantitative estimate of drug-likeness (QED) is 0.0478. The molecule has 0 aliphatic rings. The van der Waals surface area contributed by atoms with Crippen LogP contribution in [0.15, 0.2) is 97.2 Å². The normalized spacial score (nSPS) is 14.7. The zero-order valence-electron chi connectivity index (χ0n) is 27.2. The third-order valence-electron chi connectivity index (χ3n) is 6.47. The molecule has 0 aromatic heterocycles. The van der Waals surface area contributed by atoms with Gasteiger partial charge in [0, 0.05) is 6.42 Å². The van der Waals surface area contributed by atoms with Crippen molar-refractivity contribution in [3.63, 3.8) is 0 Å². The molecule has 0 fully saturated rings. The molecule has 0 rings (SSSR count). The lowest BCUT2D eigenvalue weighted by molar-refractivity contribution is -0.122. The Morgan fingerprint density at radius 3 is 1.57 bits per heavy atom. The number of carbonyl (C=O) groups is 1. The minimum absolute atomic E-state index is 0.200. The lowest BCUT2D eigenvalue weighted by Gasteiger charge is -2.21. The van der Waals surface area contributed by atoms with Crippen LogP contribution in [0.1, 0.15) is 110 Å². The van der Waals surface area contributed by atoms with Gasteiger partial charge >= 0.3 is 0 Å². The Balaban J connectivity index is 4.27. The predicted octanol–water partition coefficient (Wildman–Crippen LogP) is 9.06. The van der Waals surface area contributed by atoms with Crippen LogP contribution < -0.4 is 5.32 Å². The lowest BCUT2D eigenvalue weighted by atomic mass is 10.1. The molecule has 7 heteroatoms. The smallest absolute Gasteiger partial charge is 0.267 e. The summed E-state index contributed by atoms with van der Waals surface area (Å²) in [5.74, 6) is -1.10. The second kappa shape index (κ2) is 30.3. The molecule has 0 radical (unpaired) electrons. The van der Waals surface area contributed by atoms with Crippen molar-refractivity contribution in [3.8, 4) is 0 Å². The molecule has 248 valence electrons. The molecule has 2 atom stereocenters. The summed E-state index contributed by atoms with van der Waals surface area (Å²) in [5, 5.41) is 13.0. The molecule has 44 heavy (non-hydrogen) atoms. The number of hydrogen-bond acceptors (Lipinski definition) is 4. The number of carbonyl (C=O) groups excluding carboxylic acids is 1. The summed E-state index contributed by atoms with van der Waals surface area (Å²) in [6.45, 7) is 4.32. The summed E-state index contributed by atoms with van der Waals surface area (Å²) >= 11 is 0. The standard InChI is InChI=1S/C37H59NO5S/c1-3-5-7-9-11-13-15-17-18-19-20-21-23-25-27-29-31-33-37(40)38-35(34-44(41,42)43)36(39)32-30-28-26-24-22-16-14-12-10-8-6-4-2/h5,7,10-13,17-18,20-22,24-25,27,30,32,35-36,39H,3-4,6,8-9,14-16,19,23,26,28-29,31,33-34H2,1-2H3,(H,38,40)(H,41,42,43)/b7-5-,12-10+,13-11-,18-17-,21-20-,24-22+,27-25-,32-30+. The maximum absolute atomic E-state index is 12.4. The van der Waals surface area contributed by atoms with Gasteiger partial charge in [-0.05, 0) is 77.0 Å². The van der Waals surface area contributed by atoms with Crippen LogP contribution in [-0.4, -0.2) is 41.9 Å². The number of allylic oxidation sites excluding steroid dienone is 15. The maximum Gasteiger partial charge on any atom is 0.267 e. The van der Waals surface area contributed by atoms with Crippen LogP contribution in [0.5, 0.6) is 0 Å². The van der Waals surface area contributed by atoms with Crippen molar-refractivity contribution in [2.75, 3.05) is 5.75 Å². The highest BCUT2D eigenvalue weighted by atomic mass is 32.2. The van der Waals surface area contributed by atoms with Crippen molar-refractivity contribution >= 4 is 16.0 Å². The predicted molar refractivity (Wildman–Crippen MR) is 188 cm³/mol. The maximum atomic E-state index is 12.4. The molecule has 6 nitrogen and oxygen atoms in total. The number of rotatable bonds is 27. The molecule has 0 aromatic rings. The molecule has 0 aromatic carbocycles. The van der Waals surface area contributed by atoms with Gasteiger partial charge in [-0.15, -0.1) is 0 Å². The van der Waals surface area contributed by atoms with Gasteiger partial charge in [0.25, 0.3) is 10.1 Å². The van der Waals surface area contributed by atoms with E-state index in [0.717, 1.165) is 64.2 Å². The largest absolute Gasteiger partial charge is 0.387 e. The van der Waals surface area contributed by atoms with Crippen molar-refractivity contribution in [3.05, 3.63) is 97.2 Å². The van der Waals surface area contributed by atoms with E-state index in [0.29, 0.717) is 12.8 Å². The fourth-order valence-corrected chi connectivity index (χ4v) is 4.76. The summed E-state index contributed by atoms with van der Waals surface area (Å²) in [6, 6.07) is -1.11. The van der Waals surface area contributed by atoms with E-state index in [-0.39, 0.29) is 12.3 Å². The first-order chi connectivity index (χ1) is 21.3. The lowest BCUT2D eigenvalue weighted by Crippen LogP contribution is -2.46. The van der Waals surface area contributed by atoms with Crippen LogP contribution in [0.3, 0.4) is 0 Å². The molecule has 0 heterocycles. The van der Waals surface area contributed by atoms with Gasteiger partial charge in [0.1, 0.15) is 0 Å². The van der Waals surface area contributed by atoms with Crippen LogP contribution in [0.4, 0.5) is 0 Å². The average Bonchev–Trinajstić information content (AvgIpc) is 2.98. The van der Waals surface area contributed by atoms with Crippen molar-refractivity contribution in [1.29, 1.82) is 0 Å². The summed E-state index contributed by atoms with van der Waals surface area (Å²) in [6.07, 6.45) is 45.4. The third-order valence-corrected chi connectivity index (χ3v) is 7.25. The molecule has 0 saturated carbocycles. The monoisotopic (exact) mass is 629 g/mol. The fourth-order valence-electron chi connectivity index (χ4n) is 4.03. The van der Waals surface area contributed by atoms with Crippen LogP contribution >= 0.6 is 0 Å². The Morgan fingerprint density at radius 2 is 1.07 bits per heavy atom. The van der Waals surface area contributed by atoms with E-state index in [2.05, 4.69) is 98.2 Å². The summed E-state index contributed by atoms with van der Waals surface area (Å²) in [4.78, 5) is 12.4. The van der Waals surface area contributed by atoms with E-state index in [1.165, 1.54) is 18.9 Å². The van der Waals surface area contributed by atoms with Crippen LogP contribution in [0, 0.1) is 0 Å². The highest BCUT2D eigenvalue weighted by molar-refractivity contribution is 7.85. The molecular formula is C37H59NO5S. The van der Waals surface area contributed by atoms with Crippen LogP contribution in [0.2, 0.25) is 0 Å². The SMILES string of the molecule is CC/C=C\C/C=C\C/C=C\C/C=C\C/C=C\CCCC(=O)NC(CS(=O)(=O)O)C(O)/C=C/CC/C=C/CC/C=C/CCCC. The second-order valence-electron chi connectivity index (χ2n) is 10.7. The zero-order valence-corrected chi connectivity index (χ0v) is 28.0. The first-order valence-corrected chi connectivity index (χ1v) is 18.0. The Bertz CT molecular complexity index is 1050. The Labute approximate surface area is 268 Å². The Morgan fingerprint density at radius 1 is 0.636 bits per heavy atom. The van der Waals surface area contributed by atoms with Gasteiger partial charge in [-0.2, -0.15) is 8.42 Å². The zero-order chi connectivity index (χ0) is 32.6. The number of amides is 1. The number of aliphatic hydroxyl groups is 1. The van der Waals surface area contributed by atoms with E-state index in [1.54, 1.807) is 6.08 Å². The fraction of sp³-hybridized carbons (Fsp3) is 0.541. The van der Waals surface area contributed by atoms with Gasteiger partial charge in [-0.25, -0.2) is 0 Å². The number of nitrogens with one attached hydrogen (secondary N) is 1. The first-order valence-electron chi connectivity index (χ1n) is 16.4. The molecule has 0 aliphatic carbocycles. The molecule has 3 N–H and O–H groups in total. The van der Waals surface area contributed by atoms with Crippen LogP contribution in [-0.2, 0) is 14.9 Å². The van der Waals surface area contributed by atoms with Crippen molar-refractivity contribution in [2.45, 2.75) is 122 Å². The minimum Gasteiger partial charge on any atom is -0.387 e. The van der Waals surface area contributed by atoms with Gasteiger partial charge in [-0.1, -0.05) is 124 Å². The Kier molecular flexibility index (Phi) is 28.4. The first kappa shape index (κ1) is 41.3. The molecule has 0 bridgehead atoms. The molecule has 2 unspecified atom stereocenters. The van der Waals surface area contributed by atoms with E-state index in [9.17, 15) is 22.9 Å². The topological polar surface area (TPSA) is 104 Å². The summed E-state index contributed by atoms with van der Waals surface area (Å²) in [7, 11) is -4.37. The molecular weight excluding hydrogens is 570 g/mol. The van der Waals surface area contributed by atoms with Gasteiger partial charge in [0.2, 0.25) is 5.91 Å². The minimum atomic E-state index is -4.37. The third kappa shape index (κ3) is 30.7. The van der Waals surface area contributed by atoms with E-state index >= 15 is 0 Å². The van der Waals surface area contributed by atoms with Crippen molar-refractivity contribution in [1.82, 2.24) is 5.32 Å². The average molecular weight is 630 g/mol. The number of aliphatic hydroxyl groups excluding tert-OH is 1. The van der Waals surface area contributed by atoms with Gasteiger partial charge in [0.05, 0.1) is 17.9 Å². The van der Waals surface area contributed by atoms with E-state index in [1.807, 2.05) is 6.08 Å². The summed E-state index contributed by atoms with van der Waals surface area (Å²) < 4.78 is 32.2. The summed E-state index contributed by atoms with van der Waals surface area (Å²) in [5.41, 5.74) is 0. The number of unbranched alkanes of at least 4 members (excludes halogenated alkanes) is 5.